The summed E-state index contributed by atoms with van der Waals surface area (Å²) in [5.74, 6) is 0. The zero-order valence-corrected chi connectivity index (χ0v) is 15.9. The van der Waals surface area contributed by atoms with E-state index in [2.05, 4.69) is 40.3 Å². The largest absolute Gasteiger partial charge is 0.388 e. The standard InChI is InChI=1S/C18H21BrClN3/c1-4-11-23(16-8-5-14(19)6-9-16)22-13(2)17-12-15(20)7-10-18(17)21-3/h5-10,12,21H,4,11H2,1-3H3/b22-13-. The van der Waals surface area contributed by atoms with Crippen LogP contribution in [0.4, 0.5) is 11.4 Å². The third kappa shape index (κ3) is 4.72. The van der Waals surface area contributed by atoms with Crippen LogP contribution in [0.5, 0.6) is 0 Å². The topological polar surface area (TPSA) is 27.6 Å². The Morgan fingerprint density at radius 2 is 1.91 bits per heavy atom. The normalized spacial score (nSPS) is 11.4. The monoisotopic (exact) mass is 393 g/mol. The van der Waals surface area contributed by atoms with Gasteiger partial charge in [0.25, 0.3) is 0 Å². The van der Waals surface area contributed by atoms with Gasteiger partial charge in [-0.3, -0.25) is 5.01 Å². The fraction of sp³-hybridized carbons (Fsp3) is 0.278. The van der Waals surface area contributed by atoms with Gasteiger partial charge in [0.15, 0.2) is 0 Å². The molecule has 0 amide bonds. The highest BCUT2D eigenvalue weighted by Crippen LogP contribution is 2.23. The minimum Gasteiger partial charge on any atom is -0.388 e. The number of anilines is 2. The predicted octanol–water partition coefficient (Wildman–Crippen LogP) is 5.78. The van der Waals surface area contributed by atoms with Crippen LogP contribution in [-0.2, 0) is 0 Å². The molecule has 2 aromatic rings. The number of halogens is 2. The van der Waals surface area contributed by atoms with Gasteiger partial charge in [-0.05, 0) is 55.8 Å². The van der Waals surface area contributed by atoms with E-state index in [9.17, 15) is 0 Å². The Morgan fingerprint density at radius 3 is 2.52 bits per heavy atom. The van der Waals surface area contributed by atoms with E-state index in [1.54, 1.807) is 0 Å². The van der Waals surface area contributed by atoms with Crippen molar-refractivity contribution < 1.29 is 0 Å². The fourth-order valence-corrected chi connectivity index (χ4v) is 2.77. The van der Waals surface area contributed by atoms with E-state index in [1.165, 1.54) is 0 Å². The molecule has 1 N–H and O–H groups in total. The molecule has 2 rings (SSSR count). The molecular formula is C18H21BrClN3. The van der Waals surface area contributed by atoms with Crippen molar-refractivity contribution >= 4 is 44.6 Å². The van der Waals surface area contributed by atoms with Gasteiger partial charge in [0.1, 0.15) is 0 Å². The zero-order valence-electron chi connectivity index (χ0n) is 13.6. The van der Waals surface area contributed by atoms with E-state index in [0.29, 0.717) is 5.02 Å². The fourth-order valence-electron chi connectivity index (χ4n) is 2.33. The van der Waals surface area contributed by atoms with Crippen LogP contribution >= 0.6 is 27.5 Å². The molecule has 23 heavy (non-hydrogen) atoms. The number of hydrogen-bond acceptors (Lipinski definition) is 3. The Morgan fingerprint density at radius 1 is 1.22 bits per heavy atom. The Bertz CT molecular complexity index is 683. The Kier molecular flexibility index (Phi) is 6.48. The van der Waals surface area contributed by atoms with E-state index in [-0.39, 0.29) is 0 Å². The Balaban J connectivity index is 2.38. The molecule has 0 spiro atoms. The summed E-state index contributed by atoms with van der Waals surface area (Å²) in [7, 11) is 1.90. The summed E-state index contributed by atoms with van der Waals surface area (Å²) in [5, 5.41) is 10.8. The molecule has 0 saturated heterocycles. The Labute approximate surface area is 151 Å². The van der Waals surface area contributed by atoms with Crippen LogP contribution in [0.25, 0.3) is 0 Å². The van der Waals surface area contributed by atoms with Gasteiger partial charge < -0.3 is 5.32 Å². The molecule has 0 fully saturated rings. The van der Waals surface area contributed by atoms with E-state index < -0.39 is 0 Å². The lowest BCUT2D eigenvalue weighted by Crippen LogP contribution is -2.19. The lowest BCUT2D eigenvalue weighted by molar-refractivity contribution is 0.806. The highest BCUT2D eigenvalue weighted by atomic mass is 79.9. The lowest BCUT2D eigenvalue weighted by atomic mass is 10.1. The summed E-state index contributed by atoms with van der Waals surface area (Å²) in [6.45, 7) is 5.01. The molecule has 0 saturated carbocycles. The first-order chi connectivity index (χ1) is 11.0. The van der Waals surface area contributed by atoms with Crippen molar-refractivity contribution in [2.45, 2.75) is 20.3 Å². The van der Waals surface area contributed by atoms with Gasteiger partial charge in [0.2, 0.25) is 0 Å². The van der Waals surface area contributed by atoms with Gasteiger partial charge in [-0.1, -0.05) is 34.5 Å². The second-order valence-corrected chi connectivity index (χ2v) is 6.58. The molecule has 3 nitrogen and oxygen atoms in total. The average Bonchev–Trinajstić information content (AvgIpc) is 2.55. The predicted molar refractivity (Wildman–Crippen MR) is 105 cm³/mol. The number of nitrogens with one attached hydrogen (secondary N) is 1. The minimum atomic E-state index is 0.708. The number of hydrogen-bond donors (Lipinski definition) is 1. The van der Waals surface area contributed by atoms with Crippen LogP contribution in [0.2, 0.25) is 5.02 Å². The summed E-state index contributed by atoms with van der Waals surface area (Å²) in [6, 6.07) is 14.0. The van der Waals surface area contributed by atoms with Crippen LogP contribution in [0.15, 0.2) is 52.0 Å². The summed E-state index contributed by atoms with van der Waals surface area (Å²) in [4.78, 5) is 0. The number of nitrogens with zero attached hydrogens (tertiary/aromatic N) is 2. The molecule has 0 aliphatic rings. The number of hydrazone groups is 1. The zero-order chi connectivity index (χ0) is 16.8. The van der Waals surface area contributed by atoms with Crippen LogP contribution in [0.3, 0.4) is 0 Å². The molecule has 0 heterocycles. The molecule has 0 aromatic heterocycles. The first-order valence-electron chi connectivity index (χ1n) is 7.61. The van der Waals surface area contributed by atoms with Crippen molar-refractivity contribution in [3.63, 3.8) is 0 Å². The maximum Gasteiger partial charge on any atom is 0.0672 e. The molecule has 122 valence electrons. The van der Waals surface area contributed by atoms with Crippen LogP contribution in [0, 0.1) is 0 Å². The SMILES string of the molecule is CCCN(/N=C(/C)c1cc(Cl)ccc1NC)c1ccc(Br)cc1. The molecule has 5 heteroatoms. The first kappa shape index (κ1) is 17.8. The van der Waals surface area contributed by atoms with Crippen molar-refractivity contribution in [2.75, 3.05) is 23.9 Å². The Hall–Kier alpha value is -1.52. The summed E-state index contributed by atoms with van der Waals surface area (Å²) < 4.78 is 1.06. The molecule has 0 aliphatic carbocycles. The maximum absolute atomic E-state index is 6.15. The van der Waals surface area contributed by atoms with Gasteiger partial charge in [-0.15, -0.1) is 0 Å². The first-order valence-corrected chi connectivity index (χ1v) is 8.78. The van der Waals surface area contributed by atoms with E-state index in [4.69, 9.17) is 16.7 Å². The quantitative estimate of drug-likeness (QED) is 0.496. The highest BCUT2D eigenvalue weighted by molar-refractivity contribution is 9.10. The smallest absolute Gasteiger partial charge is 0.0672 e. The summed E-state index contributed by atoms with van der Waals surface area (Å²) in [6.07, 6.45) is 1.02. The maximum atomic E-state index is 6.15. The van der Waals surface area contributed by atoms with E-state index in [0.717, 1.165) is 40.1 Å². The van der Waals surface area contributed by atoms with Gasteiger partial charge >= 0.3 is 0 Å². The highest BCUT2D eigenvalue weighted by Gasteiger charge is 2.09. The average molecular weight is 395 g/mol. The van der Waals surface area contributed by atoms with Crippen LogP contribution < -0.4 is 10.3 Å². The van der Waals surface area contributed by atoms with Gasteiger partial charge in [0, 0.05) is 34.3 Å². The van der Waals surface area contributed by atoms with E-state index >= 15 is 0 Å². The molecule has 0 unspecified atom stereocenters. The third-order valence-corrected chi connectivity index (χ3v) is 4.24. The molecule has 0 radical (unpaired) electrons. The van der Waals surface area contributed by atoms with Crippen LogP contribution in [-0.4, -0.2) is 19.3 Å². The van der Waals surface area contributed by atoms with Crippen molar-refractivity contribution in [2.24, 2.45) is 5.10 Å². The lowest BCUT2D eigenvalue weighted by Gasteiger charge is -2.20. The second-order valence-electron chi connectivity index (χ2n) is 5.22. The molecule has 0 bridgehead atoms. The molecular weight excluding hydrogens is 374 g/mol. The molecule has 0 atom stereocenters. The third-order valence-electron chi connectivity index (χ3n) is 3.47. The summed E-state index contributed by atoms with van der Waals surface area (Å²) >= 11 is 9.62. The van der Waals surface area contributed by atoms with Gasteiger partial charge in [0.05, 0.1) is 11.4 Å². The summed E-state index contributed by atoms with van der Waals surface area (Å²) in [5.41, 5.74) is 4.02. The number of benzene rings is 2. The number of rotatable bonds is 6. The van der Waals surface area contributed by atoms with Crippen molar-refractivity contribution in [1.29, 1.82) is 0 Å². The molecule has 0 aliphatic heterocycles. The van der Waals surface area contributed by atoms with Crippen LogP contribution in [0.1, 0.15) is 25.8 Å². The minimum absolute atomic E-state index is 0.708. The van der Waals surface area contributed by atoms with Crippen molar-refractivity contribution in [1.82, 2.24) is 0 Å². The van der Waals surface area contributed by atoms with Gasteiger partial charge in [-0.2, -0.15) is 5.10 Å². The van der Waals surface area contributed by atoms with Crippen molar-refractivity contribution in [3.8, 4) is 0 Å². The second kappa shape index (κ2) is 8.37. The van der Waals surface area contributed by atoms with Gasteiger partial charge in [-0.25, -0.2) is 0 Å². The van der Waals surface area contributed by atoms with Crippen molar-refractivity contribution in [3.05, 3.63) is 57.5 Å². The van der Waals surface area contributed by atoms with E-state index in [1.807, 2.05) is 49.3 Å². The molecule has 2 aromatic carbocycles.